The number of rotatable bonds is 6. The van der Waals surface area contributed by atoms with E-state index in [0.717, 1.165) is 15.5 Å². The van der Waals surface area contributed by atoms with Gasteiger partial charge in [-0.15, -0.1) is 0 Å². The van der Waals surface area contributed by atoms with Crippen LogP contribution in [0.4, 0.5) is 0 Å². The zero-order valence-electron chi connectivity index (χ0n) is 8.26. The van der Waals surface area contributed by atoms with Crippen molar-refractivity contribution in [1.29, 1.82) is 16.1 Å². The molecule has 0 atom stereocenters. The molecule has 4 N–H and O–H groups in total. The molecule has 0 saturated heterocycles. The Labute approximate surface area is 102 Å². The zero-order chi connectivity index (χ0) is 11.7. The summed E-state index contributed by atoms with van der Waals surface area (Å²) in [7, 11) is 1.78. The lowest BCUT2D eigenvalue weighted by Gasteiger charge is -2.05. The Kier molecular flexibility index (Phi) is 7.27. The van der Waals surface area contributed by atoms with E-state index in [4.69, 9.17) is 16.1 Å². The molecular formula is C9H12IN5. The van der Waals surface area contributed by atoms with Crippen molar-refractivity contribution in [2.45, 2.75) is 0 Å². The maximum absolute atomic E-state index is 8.52. The number of halogens is 1. The molecule has 0 aliphatic rings. The molecule has 0 rings (SSSR count). The van der Waals surface area contributed by atoms with E-state index in [1.807, 2.05) is 6.07 Å². The fourth-order valence-corrected chi connectivity index (χ4v) is 1.08. The Balaban J connectivity index is 4.39. The molecule has 80 valence electrons. The predicted octanol–water partition coefficient (Wildman–Crippen LogP) is 1.15. The van der Waals surface area contributed by atoms with Gasteiger partial charge in [-0.2, -0.15) is 5.26 Å². The SMILES string of the molecule is CN/C(I)=C(\C=N)CN/C=C(/C#N)C=N. The molecule has 0 spiro atoms. The molecule has 15 heavy (non-hydrogen) atoms. The van der Waals surface area contributed by atoms with E-state index in [0.29, 0.717) is 6.54 Å². The first kappa shape index (κ1) is 13.6. The fourth-order valence-electron chi connectivity index (χ4n) is 0.730. The van der Waals surface area contributed by atoms with Crippen molar-refractivity contribution in [3.05, 3.63) is 21.0 Å². The summed E-state index contributed by atoms with van der Waals surface area (Å²) in [6, 6.07) is 1.85. The van der Waals surface area contributed by atoms with Crippen molar-refractivity contribution in [2.75, 3.05) is 13.6 Å². The van der Waals surface area contributed by atoms with Gasteiger partial charge in [0.05, 0.1) is 9.28 Å². The normalized spacial score (nSPS) is 12.2. The molecule has 0 aromatic rings. The fraction of sp³-hybridized carbons (Fsp3) is 0.222. The monoisotopic (exact) mass is 317 g/mol. The third kappa shape index (κ3) is 5.17. The van der Waals surface area contributed by atoms with Gasteiger partial charge < -0.3 is 21.5 Å². The summed E-state index contributed by atoms with van der Waals surface area (Å²) < 4.78 is 0.872. The van der Waals surface area contributed by atoms with Gasteiger partial charge in [0.1, 0.15) is 6.07 Å². The molecule has 0 aliphatic heterocycles. The second-order valence-electron chi connectivity index (χ2n) is 2.47. The average molecular weight is 317 g/mol. The van der Waals surface area contributed by atoms with Gasteiger partial charge in [-0.05, 0) is 22.6 Å². The highest BCUT2D eigenvalue weighted by atomic mass is 127. The summed E-state index contributed by atoms with van der Waals surface area (Å²) in [5.41, 5.74) is 1.04. The second-order valence-corrected chi connectivity index (χ2v) is 3.55. The maximum atomic E-state index is 8.52. The molecule has 0 aromatic carbocycles. The van der Waals surface area contributed by atoms with E-state index in [2.05, 4.69) is 33.2 Å². The van der Waals surface area contributed by atoms with E-state index in [1.165, 1.54) is 12.4 Å². The Hall–Kier alpha value is -1.36. The highest BCUT2D eigenvalue weighted by Gasteiger charge is 1.98. The zero-order valence-corrected chi connectivity index (χ0v) is 10.4. The van der Waals surface area contributed by atoms with Gasteiger partial charge in [-0.25, -0.2) is 0 Å². The van der Waals surface area contributed by atoms with Crippen LogP contribution in [0.3, 0.4) is 0 Å². The minimum absolute atomic E-state index is 0.249. The van der Waals surface area contributed by atoms with Crippen LogP contribution in [0.5, 0.6) is 0 Å². The van der Waals surface area contributed by atoms with Gasteiger partial charge in [-0.3, -0.25) is 0 Å². The smallest absolute Gasteiger partial charge is 0.102 e. The molecule has 0 fully saturated rings. The number of nitrogens with zero attached hydrogens (tertiary/aromatic N) is 1. The third-order valence-corrected chi connectivity index (χ3v) is 2.74. The average Bonchev–Trinajstić information content (AvgIpc) is 2.28. The summed E-state index contributed by atoms with van der Waals surface area (Å²) >= 11 is 2.09. The van der Waals surface area contributed by atoms with Crippen LogP contribution in [0.25, 0.3) is 0 Å². The number of nitriles is 1. The lowest BCUT2D eigenvalue weighted by Crippen LogP contribution is -2.15. The van der Waals surface area contributed by atoms with Gasteiger partial charge in [-0.1, -0.05) is 0 Å². The number of hydrogen-bond acceptors (Lipinski definition) is 5. The molecule has 0 unspecified atom stereocenters. The first-order valence-electron chi connectivity index (χ1n) is 4.10. The van der Waals surface area contributed by atoms with Crippen LogP contribution >= 0.6 is 22.6 Å². The van der Waals surface area contributed by atoms with Gasteiger partial charge >= 0.3 is 0 Å². The lowest BCUT2D eigenvalue weighted by molar-refractivity contribution is 0.942. The van der Waals surface area contributed by atoms with Crippen LogP contribution in [0.1, 0.15) is 0 Å². The summed E-state index contributed by atoms with van der Waals surface area (Å²) in [5.74, 6) is 0. The number of nitrogens with one attached hydrogen (secondary N) is 4. The summed E-state index contributed by atoms with van der Waals surface area (Å²) in [5, 5.41) is 28.4. The van der Waals surface area contributed by atoms with E-state index in [1.54, 1.807) is 7.05 Å². The van der Waals surface area contributed by atoms with Crippen LogP contribution in [0, 0.1) is 22.1 Å². The van der Waals surface area contributed by atoms with Crippen molar-refractivity contribution in [2.24, 2.45) is 0 Å². The number of allylic oxidation sites excluding steroid dienone is 1. The molecule has 0 heterocycles. The number of hydrogen-bond donors (Lipinski definition) is 4. The Morgan fingerprint density at radius 3 is 2.53 bits per heavy atom. The van der Waals surface area contributed by atoms with Gasteiger partial charge in [0.25, 0.3) is 0 Å². The van der Waals surface area contributed by atoms with Crippen molar-refractivity contribution in [1.82, 2.24) is 10.6 Å². The molecule has 0 saturated carbocycles. The van der Waals surface area contributed by atoms with Crippen LogP contribution < -0.4 is 10.6 Å². The Morgan fingerprint density at radius 2 is 2.13 bits per heavy atom. The van der Waals surface area contributed by atoms with Crippen LogP contribution in [-0.2, 0) is 0 Å². The molecule has 5 nitrogen and oxygen atoms in total. The lowest BCUT2D eigenvalue weighted by atomic mass is 10.3. The largest absolute Gasteiger partial charge is 0.386 e. The first-order chi connectivity index (χ1) is 7.19. The van der Waals surface area contributed by atoms with E-state index in [-0.39, 0.29) is 5.57 Å². The predicted molar refractivity (Wildman–Crippen MR) is 69.4 cm³/mol. The Bertz CT molecular complexity index is 337. The van der Waals surface area contributed by atoms with Crippen molar-refractivity contribution >= 4 is 35.0 Å². The summed E-state index contributed by atoms with van der Waals surface area (Å²) in [4.78, 5) is 0. The highest BCUT2D eigenvalue weighted by molar-refractivity contribution is 14.1. The highest BCUT2D eigenvalue weighted by Crippen LogP contribution is 2.05. The Morgan fingerprint density at radius 1 is 1.47 bits per heavy atom. The van der Waals surface area contributed by atoms with Gasteiger partial charge in [0.15, 0.2) is 0 Å². The van der Waals surface area contributed by atoms with Crippen molar-refractivity contribution in [3.8, 4) is 6.07 Å². The van der Waals surface area contributed by atoms with Gasteiger partial charge in [0.2, 0.25) is 0 Å². The van der Waals surface area contributed by atoms with Crippen molar-refractivity contribution < 1.29 is 0 Å². The van der Waals surface area contributed by atoms with Crippen LogP contribution in [0.15, 0.2) is 21.0 Å². The molecule has 0 amide bonds. The molecule has 0 bridgehead atoms. The topological polar surface area (TPSA) is 95.6 Å². The standard InChI is InChI=1S/C9H12IN5/c1-14-9(10)8(4-13)6-15-5-7(2-11)3-12/h2,4-5,11,13-15H,6H2,1H3/b7-5+,9-8+,11-2?,13-4?. The van der Waals surface area contributed by atoms with E-state index >= 15 is 0 Å². The van der Waals surface area contributed by atoms with Crippen LogP contribution in [0.2, 0.25) is 0 Å². The van der Waals surface area contributed by atoms with E-state index < -0.39 is 0 Å². The molecule has 0 aliphatic carbocycles. The second kappa shape index (κ2) is 7.99. The summed E-state index contributed by atoms with van der Waals surface area (Å²) in [6.45, 7) is 0.446. The van der Waals surface area contributed by atoms with Crippen LogP contribution in [-0.4, -0.2) is 26.0 Å². The minimum atomic E-state index is 0.249. The molecule has 0 aromatic heterocycles. The molecule has 6 heteroatoms. The van der Waals surface area contributed by atoms with Gasteiger partial charge in [0, 0.05) is 37.8 Å². The maximum Gasteiger partial charge on any atom is 0.102 e. The quantitative estimate of drug-likeness (QED) is 0.256. The first-order valence-corrected chi connectivity index (χ1v) is 5.18. The molecule has 0 radical (unpaired) electrons. The summed E-state index contributed by atoms with van der Waals surface area (Å²) in [6.07, 6.45) is 3.68. The molecular weight excluding hydrogens is 305 g/mol. The third-order valence-electron chi connectivity index (χ3n) is 1.51. The van der Waals surface area contributed by atoms with E-state index in [9.17, 15) is 0 Å². The van der Waals surface area contributed by atoms with Crippen molar-refractivity contribution in [3.63, 3.8) is 0 Å². The minimum Gasteiger partial charge on any atom is -0.386 e.